The van der Waals surface area contributed by atoms with Crippen LogP contribution in [0.3, 0.4) is 0 Å². The molecule has 0 saturated heterocycles. The lowest BCUT2D eigenvalue weighted by atomic mass is 10.6. The van der Waals surface area contributed by atoms with Crippen molar-refractivity contribution in [2.45, 2.75) is 13.1 Å². The molecular formula is C10H12N6O6. The lowest BCUT2D eigenvalue weighted by molar-refractivity contribution is -0.139. The van der Waals surface area contributed by atoms with Gasteiger partial charge in [0, 0.05) is 0 Å². The molecule has 0 atom stereocenters. The van der Waals surface area contributed by atoms with E-state index in [0.29, 0.717) is 0 Å². The van der Waals surface area contributed by atoms with Crippen LogP contribution in [-0.2, 0) is 22.7 Å². The molecular weight excluding hydrogens is 300 g/mol. The summed E-state index contributed by atoms with van der Waals surface area (Å²) in [5.41, 5.74) is 0. The molecule has 0 bridgehead atoms. The maximum Gasteiger partial charge on any atom is 0.325 e. The Bertz CT molecular complexity index is 596. The normalized spacial score (nSPS) is 10.4. The fraction of sp³-hybridized carbons (Fsp3) is 0.400. The molecule has 2 heterocycles. The van der Waals surface area contributed by atoms with E-state index < -0.39 is 11.9 Å². The molecule has 12 nitrogen and oxygen atoms in total. The van der Waals surface area contributed by atoms with Gasteiger partial charge in [-0.1, -0.05) is 20.6 Å². The molecule has 0 unspecified atom stereocenters. The van der Waals surface area contributed by atoms with E-state index in [9.17, 15) is 9.59 Å². The zero-order valence-electron chi connectivity index (χ0n) is 11.2. The maximum atomic E-state index is 10.5. The van der Waals surface area contributed by atoms with Gasteiger partial charge in [0.05, 0.1) is 12.4 Å². The maximum absolute atomic E-state index is 10.5. The van der Waals surface area contributed by atoms with E-state index in [1.165, 1.54) is 12.4 Å². The minimum absolute atomic E-state index is 0.123. The molecule has 0 aliphatic heterocycles. The van der Waals surface area contributed by atoms with Crippen LogP contribution in [0.15, 0.2) is 12.4 Å². The third-order valence-corrected chi connectivity index (χ3v) is 2.21. The Morgan fingerprint density at radius 2 is 1.32 bits per heavy atom. The highest BCUT2D eigenvalue weighted by Gasteiger charge is 2.07. The number of ether oxygens (including phenoxy) is 2. The molecule has 0 amide bonds. The zero-order chi connectivity index (χ0) is 15.9. The van der Waals surface area contributed by atoms with Crippen LogP contribution in [0.4, 0.5) is 0 Å². The van der Waals surface area contributed by atoms with Gasteiger partial charge >= 0.3 is 11.9 Å². The number of rotatable bonds is 9. The molecule has 2 N–H and O–H groups in total. The standard InChI is InChI=1S/C10H12N6O6/c17-9(18)5-15-3-7(11-13-15)21-1-2-22-8-4-16(14-12-8)6-10(19)20/h3-4H,1-2,5-6H2,(H,17,18)(H,19,20). The van der Waals surface area contributed by atoms with E-state index in [1.54, 1.807) is 0 Å². The third kappa shape index (κ3) is 4.73. The van der Waals surface area contributed by atoms with Crippen molar-refractivity contribution in [3.63, 3.8) is 0 Å². The monoisotopic (exact) mass is 312 g/mol. The summed E-state index contributed by atoms with van der Waals surface area (Å²) < 4.78 is 12.6. The Balaban J connectivity index is 1.70. The van der Waals surface area contributed by atoms with Gasteiger partial charge in [0.15, 0.2) is 0 Å². The third-order valence-electron chi connectivity index (χ3n) is 2.21. The minimum Gasteiger partial charge on any atom is -0.480 e. The van der Waals surface area contributed by atoms with Crippen molar-refractivity contribution in [3.8, 4) is 11.8 Å². The van der Waals surface area contributed by atoms with E-state index in [2.05, 4.69) is 20.6 Å². The molecule has 0 saturated carbocycles. The minimum atomic E-state index is -1.04. The number of nitrogens with zero attached hydrogens (tertiary/aromatic N) is 6. The Hall–Kier alpha value is -3.18. The molecule has 0 aliphatic rings. The highest BCUT2D eigenvalue weighted by atomic mass is 16.5. The van der Waals surface area contributed by atoms with Gasteiger partial charge in [-0.05, 0) is 0 Å². The second kappa shape index (κ2) is 7.01. The number of hydrogen-bond donors (Lipinski definition) is 2. The fourth-order valence-corrected chi connectivity index (χ4v) is 1.42. The summed E-state index contributed by atoms with van der Waals surface area (Å²) in [6.07, 6.45) is 2.69. The molecule has 118 valence electrons. The van der Waals surface area contributed by atoms with Crippen LogP contribution in [0.2, 0.25) is 0 Å². The van der Waals surface area contributed by atoms with Gasteiger partial charge in [-0.2, -0.15) is 0 Å². The molecule has 22 heavy (non-hydrogen) atoms. The smallest absolute Gasteiger partial charge is 0.325 e. The van der Waals surface area contributed by atoms with Gasteiger partial charge in [0.2, 0.25) is 0 Å². The van der Waals surface area contributed by atoms with Crippen LogP contribution < -0.4 is 9.47 Å². The first-order valence-electron chi connectivity index (χ1n) is 6.02. The summed E-state index contributed by atoms with van der Waals surface area (Å²) in [6.45, 7) is -0.367. The Morgan fingerprint density at radius 1 is 0.909 bits per heavy atom. The average Bonchev–Trinajstić information content (AvgIpc) is 3.03. The lowest BCUT2D eigenvalue weighted by Crippen LogP contribution is -2.10. The van der Waals surface area contributed by atoms with E-state index in [1.807, 2.05) is 0 Å². The molecule has 0 aromatic carbocycles. The largest absolute Gasteiger partial charge is 0.480 e. The van der Waals surface area contributed by atoms with Crippen molar-refractivity contribution in [1.29, 1.82) is 0 Å². The van der Waals surface area contributed by atoms with Crippen LogP contribution in [0.5, 0.6) is 11.8 Å². The highest BCUT2D eigenvalue weighted by molar-refractivity contribution is 5.66. The average molecular weight is 312 g/mol. The number of hydrogen-bond acceptors (Lipinski definition) is 8. The Morgan fingerprint density at radius 3 is 1.68 bits per heavy atom. The molecule has 0 aliphatic carbocycles. The summed E-state index contributed by atoms with van der Waals surface area (Å²) >= 11 is 0. The van der Waals surface area contributed by atoms with E-state index >= 15 is 0 Å². The van der Waals surface area contributed by atoms with Crippen molar-refractivity contribution in [1.82, 2.24) is 30.0 Å². The first-order chi connectivity index (χ1) is 10.5. The topological polar surface area (TPSA) is 154 Å². The second-order valence-electron chi connectivity index (χ2n) is 3.99. The molecule has 12 heteroatoms. The Labute approximate surface area is 122 Å². The van der Waals surface area contributed by atoms with E-state index in [-0.39, 0.29) is 38.1 Å². The van der Waals surface area contributed by atoms with Crippen LogP contribution in [0.1, 0.15) is 0 Å². The number of carboxylic acids is 2. The van der Waals surface area contributed by atoms with Crippen LogP contribution in [0, 0.1) is 0 Å². The van der Waals surface area contributed by atoms with Gasteiger partial charge in [-0.3, -0.25) is 9.59 Å². The van der Waals surface area contributed by atoms with Gasteiger partial charge < -0.3 is 19.7 Å². The molecule has 2 rings (SSSR count). The van der Waals surface area contributed by atoms with Crippen LogP contribution >= 0.6 is 0 Å². The van der Waals surface area contributed by atoms with Crippen molar-refractivity contribution in [2.24, 2.45) is 0 Å². The number of carboxylic acid groups (broad SMARTS) is 2. The second-order valence-corrected chi connectivity index (χ2v) is 3.99. The number of aromatic nitrogens is 6. The Kier molecular flexibility index (Phi) is 4.85. The van der Waals surface area contributed by atoms with Crippen molar-refractivity contribution >= 4 is 11.9 Å². The molecule has 0 spiro atoms. The molecule has 0 radical (unpaired) electrons. The first kappa shape index (κ1) is 15.2. The highest BCUT2D eigenvalue weighted by Crippen LogP contribution is 2.05. The number of carbonyl (C=O) groups is 2. The van der Waals surface area contributed by atoms with Gasteiger partial charge in [0.1, 0.15) is 26.3 Å². The summed E-state index contributed by atoms with van der Waals surface area (Å²) in [5.74, 6) is -1.74. The van der Waals surface area contributed by atoms with Crippen molar-refractivity contribution < 1.29 is 29.3 Å². The van der Waals surface area contributed by atoms with Crippen molar-refractivity contribution in [2.75, 3.05) is 13.2 Å². The van der Waals surface area contributed by atoms with Crippen LogP contribution in [-0.4, -0.2) is 65.4 Å². The summed E-state index contributed by atoms with van der Waals surface area (Å²) in [7, 11) is 0. The zero-order valence-corrected chi connectivity index (χ0v) is 11.2. The van der Waals surface area contributed by atoms with E-state index in [0.717, 1.165) is 9.36 Å². The van der Waals surface area contributed by atoms with Crippen LogP contribution in [0.25, 0.3) is 0 Å². The molecule has 2 aromatic rings. The lowest BCUT2D eigenvalue weighted by Gasteiger charge is -2.02. The summed E-state index contributed by atoms with van der Waals surface area (Å²) in [6, 6.07) is 0. The predicted molar refractivity (Wildman–Crippen MR) is 66.3 cm³/mol. The van der Waals surface area contributed by atoms with Gasteiger partial charge in [-0.25, -0.2) is 9.36 Å². The molecule has 0 fully saturated rings. The first-order valence-corrected chi connectivity index (χ1v) is 6.02. The van der Waals surface area contributed by atoms with Crippen molar-refractivity contribution in [3.05, 3.63) is 12.4 Å². The predicted octanol–water partition coefficient (Wildman–Crippen LogP) is -1.50. The quantitative estimate of drug-likeness (QED) is 0.522. The molecule has 2 aromatic heterocycles. The SMILES string of the molecule is O=C(O)Cn1cc(OCCOc2cn(CC(=O)O)nn2)nn1. The van der Waals surface area contributed by atoms with E-state index in [4.69, 9.17) is 19.7 Å². The van der Waals surface area contributed by atoms with Gasteiger partial charge in [0.25, 0.3) is 11.8 Å². The summed E-state index contributed by atoms with van der Waals surface area (Å²) in [5, 5.41) is 31.5. The summed E-state index contributed by atoms with van der Waals surface area (Å²) in [4.78, 5) is 20.9. The van der Waals surface area contributed by atoms with Gasteiger partial charge in [-0.15, -0.1) is 0 Å². The fourth-order valence-electron chi connectivity index (χ4n) is 1.42. The number of aliphatic carboxylic acids is 2.